The molecule has 0 radical (unpaired) electrons. The molecule has 33 heavy (non-hydrogen) atoms. The summed E-state index contributed by atoms with van der Waals surface area (Å²) in [5.41, 5.74) is 7.30. The largest absolute Gasteiger partial charge is 0.253 e. The number of benzene rings is 2. The molecule has 0 bridgehead atoms. The number of thiazole rings is 1. The van der Waals surface area contributed by atoms with Crippen LogP contribution in [0.25, 0.3) is 49.0 Å². The van der Waals surface area contributed by atoms with Gasteiger partial charge >= 0.3 is 0 Å². The lowest BCUT2D eigenvalue weighted by Crippen LogP contribution is -2.06. The molecule has 7 heteroatoms. The Balaban J connectivity index is 1.66. The Morgan fingerprint density at radius 2 is 1.48 bits per heavy atom. The van der Waals surface area contributed by atoms with Gasteiger partial charge in [0.25, 0.3) is 5.95 Å². The summed E-state index contributed by atoms with van der Waals surface area (Å²) < 4.78 is 2.90. The number of fused-ring (bicyclic) bond motifs is 2. The molecule has 4 heterocycles. The van der Waals surface area contributed by atoms with Crippen LogP contribution in [-0.2, 0) is 0 Å². The molecule has 0 aliphatic carbocycles. The van der Waals surface area contributed by atoms with Crippen molar-refractivity contribution in [2.75, 3.05) is 0 Å². The average molecular weight is 449 g/mol. The van der Waals surface area contributed by atoms with Gasteiger partial charge in [-0.1, -0.05) is 42.5 Å². The van der Waals surface area contributed by atoms with E-state index in [1.807, 2.05) is 63.2 Å². The van der Waals surface area contributed by atoms with Crippen molar-refractivity contribution in [2.45, 2.75) is 20.8 Å². The lowest BCUT2D eigenvalue weighted by molar-refractivity contribution is 0.797. The second-order valence-electron chi connectivity index (χ2n) is 8.06. The van der Waals surface area contributed by atoms with Gasteiger partial charge in [0.1, 0.15) is 5.01 Å². The first kappa shape index (κ1) is 19.7. The van der Waals surface area contributed by atoms with Gasteiger partial charge in [0.2, 0.25) is 0 Å². The van der Waals surface area contributed by atoms with Gasteiger partial charge in [0.15, 0.2) is 5.65 Å². The highest BCUT2D eigenvalue weighted by Gasteiger charge is 2.20. The molecule has 6 aromatic rings. The number of aromatic nitrogens is 6. The van der Waals surface area contributed by atoms with Crippen LogP contribution in [0.3, 0.4) is 0 Å². The summed E-state index contributed by atoms with van der Waals surface area (Å²) in [7, 11) is 0. The first-order valence-corrected chi connectivity index (χ1v) is 11.5. The first-order valence-electron chi connectivity index (χ1n) is 10.7. The maximum absolute atomic E-state index is 5.14. The Hall–Kier alpha value is -3.97. The van der Waals surface area contributed by atoms with Crippen LogP contribution in [0.2, 0.25) is 0 Å². The van der Waals surface area contributed by atoms with E-state index in [4.69, 9.17) is 15.1 Å². The third-order valence-electron chi connectivity index (χ3n) is 5.57. The molecule has 0 saturated heterocycles. The number of hydrogen-bond acceptors (Lipinski definition) is 6. The van der Waals surface area contributed by atoms with Crippen molar-refractivity contribution in [3.63, 3.8) is 0 Å². The van der Waals surface area contributed by atoms with Gasteiger partial charge in [-0.15, -0.1) is 11.3 Å². The van der Waals surface area contributed by atoms with Crippen LogP contribution in [0, 0.1) is 20.8 Å². The van der Waals surface area contributed by atoms with Gasteiger partial charge in [0.05, 0.1) is 21.6 Å². The molecule has 0 saturated carbocycles. The van der Waals surface area contributed by atoms with E-state index in [1.165, 1.54) is 0 Å². The zero-order valence-corrected chi connectivity index (χ0v) is 19.3. The highest BCUT2D eigenvalue weighted by atomic mass is 32.1. The Morgan fingerprint density at radius 1 is 0.758 bits per heavy atom. The van der Waals surface area contributed by atoms with Gasteiger partial charge in [-0.3, -0.25) is 0 Å². The van der Waals surface area contributed by atoms with E-state index in [9.17, 15) is 0 Å². The van der Waals surface area contributed by atoms with Gasteiger partial charge < -0.3 is 0 Å². The van der Waals surface area contributed by atoms with E-state index >= 15 is 0 Å². The zero-order chi connectivity index (χ0) is 22.5. The lowest BCUT2D eigenvalue weighted by atomic mass is 10.0. The number of hydrogen-bond donors (Lipinski definition) is 0. The summed E-state index contributed by atoms with van der Waals surface area (Å²) in [5, 5.41) is 6.67. The predicted octanol–water partition coefficient (Wildman–Crippen LogP) is 6.08. The Bertz CT molecular complexity index is 1600. The zero-order valence-electron chi connectivity index (χ0n) is 18.4. The fourth-order valence-corrected chi connectivity index (χ4v) is 5.07. The molecular weight excluding hydrogens is 428 g/mol. The second kappa shape index (κ2) is 7.56. The fourth-order valence-electron chi connectivity index (χ4n) is 4.09. The fraction of sp³-hybridized carbons (Fsp3) is 0.115. The van der Waals surface area contributed by atoms with Gasteiger partial charge in [-0.05, 0) is 45.0 Å². The van der Waals surface area contributed by atoms with E-state index in [-0.39, 0.29) is 0 Å². The van der Waals surface area contributed by atoms with E-state index in [0.717, 1.165) is 60.2 Å². The Morgan fingerprint density at radius 3 is 2.24 bits per heavy atom. The highest BCUT2D eigenvalue weighted by molar-refractivity contribution is 7.21. The van der Waals surface area contributed by atoms with Crippen LogP contribution in [0.1, 0.15) is 17.1 Å². The maximum Gasteiger partial charge on any atom is 0.253 e. The van der Waals surface area contributed by atoms with Crippen LogP contribution < -0.4 is 0 Å². The smallest absolute Gasteiger partial charge is 0.236 e. The Kier molecular flexibility index (Phi) is 4.52. The molecule has 6 nitrogen and oxygen atoms in total. The lowest BCUT2D eigenvalue weighted by Gasteiger charge is -2.09. The summed E-state index contributed by atoms with van der Waals surface area (Å²) in [6.07, 6.45) is 0. The molecule has 2 aromatic carbocycles. The SMILES string of the molecule is Cc1cc(C)nc(-n2nc(C)c3cc(-c4nc5ccccc5s4)c(-c4ccccc4)nc32)n1. The number of aryl methyl sites for hydroxylation is 3. The van der Waals surface area contributed by atoms with Gasteiger partial charge in [-0.2, -0.15) is 9.78 Å². The number of nitrogens with zero attached hydrogens (tertiary/aromatic N) is 6. The average Bonchev–Trinajstić information content (AvgIpc) is 3.39. The molecule has 0 aliphatic heterocycles. The maximum atomic E-state index is 5.14. The van der Waals surface area contributed by atoms with Crippen molar-refractivity contribution in [1.82, 2.24) is 29.7 Å². The normalized spacial score (nSPS) is 11.5. The highest BCUT2D eigenvalue weighted by Crippen LogP contribution is 2.38. The topological polar surface area (TPSA) is 69.4 Å². The van der Waals surface area contributed by atoms with Crippen LogP contribution in [0.15, 0.2) is 66.7 Å². The summed E-state index contributed by atoms with van der Waals surface area (Å²) in [4.78, 5) is 19.3. The monoisotopic (exact) mass is 448 g/mol. The van der Waals surface area contributed by atoms with Crippen LogP contribution in [0.5, 0.6) is 0 Å². The van der Waals surface area contributed by atoms with Crippen molar-refractivity contribution in [2.24, 2.45) is 0 Å². The summed E-state index contributed by atoms with van der Waals surface area (Å²) >= 11 is 1.68. The minimum absolute atomic E-state index is 0.532. The second-order valence-corrected chi connectivity index (χ2v) is 9.09. The molecule has 0 unspecified atom stereocenters. The molecule has 0 atom stereocenters. The molecule has 0 fully saturated rings. The minimum Gasteiger partial charge on any atom is -0.236 e. The van der Waals surface area contributed by atoms with Crippen LogP contribution in [0.4, 0.5) is 0 Å². The standard InChI is InChI=1S/C26H20N6S/c1-15-13-16(2)28-26(27-15)32-24-19(17(3)31-32)14-20(23(30-24)18-9-5-4-6-10-18)25-29-21-11-7-8-12-22(21)33-25/h4-14H,1-3H3. The number of rotatable bonds is 3. The Labute approximate surface area is 194 Å². The first-order chi connectivity index (χ1) is 16.1. The summed E-state index contributed by atoms with van der Waals surface area (Å²) in [5.74, 6) is 0.532. The minimum atomic E-state index is 0.532. The summed E-state index contributed by atoms with van der Waals surface area (Å²) in [6, 6.07) is 22.5. The molecule has 0 spiro atoms. The van der Waals surface area contributed by atoms with Gasteiger partial charge in [0, 0.05) is 27.9 Å². The molecule has 6 rings (SSSR count). The molecule has 0 amide bonds. The molecule has 0 N–H and O–H groups in total. The third kappa shape index (κ3) is 3.37. The van der Waals surface area contributed by atoms with E-state index in [0.29, 0.717) is 5.95 Å². The van der Waals surface area contributed by atoms with E-state index in [2.05, 4.69) is 34.2 Å². The van der Waals surface area contributed by atoms with Crippen LogP contribution >= 0.6 is 11.3 Å². The molecule has 4 aromatic heterocycles. The molecule has 160 valence electrons. The molecular formula is C26H20N6S. The third-order valence-corrected chi connectivity index (χ3v) is 6.64. The van der Waals surface area contributed by atoms with Crippen molar-refractivity contribution < 1.29 is 0 Å². The predicted molar refractivity (Wildman–Crippen MR) is 133 cm³/mol. The van der Waals surface area contributed by atoms with E-state index < -0.39 is 0 Å². The van der Waals surface area contributed by atoms with Crippen LogP contribution in [-0.4, -0.2) is 29.7 Å². The van der Waals surface area contributed by atoms with E-state index in [1.54, 1.807) is 16.0 Å². The van der Waals surface area contributed by atoms with Crippen molar-refractivity contribution in [1.29, 1.82) is 0 Å². The quantitative estimate of drug-likeness (QED) is 0.328. The number of para-hydroxylation sites is 1. The molecule has 0 aliphatic rings. The van der Waals surface area contributed by atoms with Crippen molar-refractivity contribution in [3.05, 3.63) is 83.8 Å². The van der Waals surface area contributed by atoms with Gasteiger partial charge in [-0.25, -0.2) is 19.9 Å². The van der Waals surface area contributed by atoms with Crippen molar-refractivity contribution >= 4 is 32.6 Å². The van der Waals surface area contributed by atoms with Crippen molar-refractivity contribution in [3.8, 4) is 27.8 Å². The number of pyridine rings is 1. The summed E-state index contributed by atoms with van der Waals surface area (Å²) in [6.45, 7) is 5.92.